The molecule has 0 bridgehead atoms. The van der Waals surface area contributed by atoms with Gasteiger partial charge in [-0.05, 0) is 23.1 Å². The maximum absolute atomic E-state index is 13.6. The van der Waals surface area contributed by atoms with Gasteiger partial charge in [-0.3, -0.25) is 5.32 Å². The molecule has 1 unspecified atom stereocenters. The van der Waals surface area contributed by atoms with Crippen LogP contribution in [0.1, 0.15) is 5.56 Å². The first-order valence-electron chi connectivity index (χ1n) is 11.0. The summed E-state index contributed by atoms with van der Waals surface area (Å²) >= 11 is 5.91. The van der Waals surface area contributed by atoms with Crippen LogP contribution in [-0.4, -0.2) is 61.2 Å². The summed E-state index contributed by atoms with van der Waals surface area (Å²) in [7, 11) is 1.42. The van der Waals surface area contributed by atoms with Gasteiger partial charge < -0.3 is 20.3 Å². The van der Waals surface area contributed by atoms with Crippen LogP contribution in [0.25, 0.3) is 10.8 Å². The molecule has 2 aromatic carbocycles. The van der Waals surface area contributed by atoms with Crippen LogP contribution in [0.2, 0.25) is 5.02 Å². The average molecular weight is 524 g/mol. The van der Waals surface area contributed by atoms with Gasteiger partial charge in [-0.2, -0.15) is 0 Å². The van der Waals surface area contributed by atoms with Crippen molar-refractivity contribution in [2.24, 2.45) is 0 Å². The number of pyridine rings is 1. The fourth-order valence-corrected chi connectivity index (χ4v) is 3.47. The van der Waals surface area contributed by atoms with Crippen molar-refractivity contribution in [3.8, 4) is 0 Å². The minimum absolute atomic E-state index is 0.0636. The highest BCUT2D eigenvalue weighted by Gasteiger charge is 2.22. The number of hydrogen-bond acceptors (Lipinski definition) is 5. The average Bonchev–Trinajstić information content (AvgIpc) is 2.86. The van der Waals surface area contributed by atoms with E-state index in [1.807, 2.05) is 24.3 Å². The highest BCUT2D eigenvalue weighted by atomic mass is 35.5. The number of hydrogen-bond donors (Lipinski definition) is 3. The molecule has 0 fully saturated rings. The molecule has 3 aromatic rings. The zero-order valence-corrected chi connectivity index (χ0v) is 20.1. The van der Waals surface area contributed by atoms with Crippen molar-refractivity contribution in [1.82, 2.24) is 20.5 Å². The van der Waals surface area contributed by atoms with Gasteiger partial charge >= 0.3 is 12.1 Å². The summed E-state index contributed by atoms with van der Waals surface area (Å²) in [6.45, 7) is -1.03. The van der Waals surface area contributed by atoms with Crippen LogP contribution in [-0.2, 0) is 11.3 Å². The van der Waals surface area contributed by atoms with Gasteiger partial charge in [0.1, 0.15) is 18.2 Å². The van der Waals surface area contributed by atoms with Crippen molar-refractivity contribution in [3.05, 3.63) is 71.1 Å². The molecule has 3 N–H and O–H groups in total. The number of urea groups is 1. The van der Waals surface area contributed by atoms with Crippen LogP contribution < -0.4 is 16.0 Å². The summed E-state index contributed by atoms with van der Waals surface area (Å²) in [6.07, 6.45) is -1.81. The smallest absolute Gasteiger partial charge is 0.412 e. The minimum Gasteiger partial charge on any atom is -0.447 e. The molecule has 0 aliphatic rings. The minimum atomic E-state index is -2.59. The van der Waals surface area contributed by atoms with Gasteiger partial charge in [0.15, 0.2) is 0 Å². The van der Waals surface area contributed by atoms with Crippen molar-refractivity contribution in [1.29, 1.82) is 0 Å². The van der Waals surface area contributed by atoms with Crippen molar-refractivity contribution < 1.29 is 27.5 Å². The predicted molar refractivity (Wildman–Crippen MR) is 131 cm³/mol. The molecule has 3 rings (SSSR count). The predicted octanol–water partition coefficient (Wildman–Crippen LogP) is 4.64. The zero-order valence-electron chi connectivity index (χ0n) is 19.3. The third-order valence-electron chi connectivity index (χ3n) is 5.28. The summed E-state index contributed by atoms with van der Waals surface area (Å²) < 4.78 is 44.0. The van der Waals surface area contributed by atoms with Crippen molar-refractivity contribution in [2.75, 3.05) is 32.1 Å². The standard InChI is InChI=1S/C24H25ClF3N5O3/c1-33(23(34)31-11-17-7-4-8-19(26)22(17)25)18(12-29-13-20(27)28)14-36-24(35)32-21-9-15-5-2-3-6-16(15)10-30-21/h2-10,18,20,29H,11-14H2,1H3,(H,31,34)(H,30,32,35). The Bertz CT molecular complexity index is 1200. The van der Waals surface area contributed by atoms with Crippen LogP contribution >= 0.6 is 11.6 Å². The van der Waals surface area contributed by atoms with Crippen molar-refractivity contribution >= 4 is 40.3 Å². The number of carbonyl (C=O) groups excluding carboxylic acids is 2. The SMILES string of the molecule is CN(C(=O)NCc1cccc(F)c1Cl)C(CNCC(F)F)COC(=O)Nc1cc2ccccc2cn1. The molecule has 0 spiro atoms. The molecule has 0 aliphatic heterocycles. The number of carbonyl (C=O) groups is 2. The van der Waals surface area contributed by atoms with Crippen LogP contribution in [0.15, 0.2) is 54.7 Å². The van der Waals surface area contributed by atoms with E-state index in [9.17, 15) is 22.8 Å². The maximum atomic E-state index is 13.6. The fraction of sp³-hybridized carbons (Fsp3) is 0.292. The number of anilines is 1. The first kappa shape index (κ1) is 27.0. The summed E-state index contributed by atoms with van der Waals surface area (Å²) in [5.74, 6) is -0.352. The molecule has 8 nitrogen and oxygen atoms in total. The lowest BCUT2D eigenvalue weighted by molar-refractivity contribution is 0.109. The number of halogens is 4. The molecule has 1 atom stereocenters. The Morgan fingerprint density at radius 3 is 2.61 bits per heavy atom. The van der Waals surface area contributed by atoms with E-state index in [2.05, 4.69) is 20.9 Å². The number of rotatable bonds is 10. The first-order chi connectivity index (χ1) is 17.2. The Balaban J connectivity index is 1.58. The molecular formula is C24H25ClF3N5O3. The Morgan fingerprint density at radius 1 is 1.11 bits per heavy atom. The molecular weight excluding hydrogens is 499 g/mol. The van der Waals surface area contributed by atoms with E-state index in [-0.39, 0.29) is 30.5 Å². The normalized spacial score (nSPS) is 11.8. The molecule has 1 aromatic heterocycles. The van der Waals surface area contributed by atoms with Crippen LogP contribution in [0.3, 0.4) is 0 Å². The van der Waals surface area contributed by atoms with Gasteiger partial charge in [0.05, 0.1) is 17.6 Å². The van der Waals surface area contributed by atoms with Gasteiger partial charge in [0.25, 0.3) is 6.43 Å². The number of likely N-dealkylation sites (N-methyl/N-ethyl adjacent to an activating group) is 1. The van der Waals surface area contributed by atoms with Gasteiger partial charge in [0, 0.05) is 31.7 Å². The third-order valence-corrected chi connectivity index (χ3v) is 5.70. The molecule has 0 aliphatic carbocycles. The summed E-state index contributed by atoms with van der Waals surface area (Å²) in [6, 6.07) is 12.0. The van der Waals surface area contributed by atoms with Gasteiger partial charge in [-0.15, -0.1) is 0 Å². The molecule has 192 valence electrons. The van der Waals surface area contributed by atoms with E-state index in [0.717, 1.165) is 10.8 Å². The molecule has 36 heavy (non-hydrogen) atoms. The molecule has 3 amide bonds. The van der Waals surface area contributed by atoms with Gasteiger partial charge in [-0.1, -0.05) is 48.0 Å². The summed E-state index contributed by atoms with van der Waals surface area (Å²) in [5, 5.41) is 9.28. The van der Waals surface area contributed by atoms with E-state index >= 15 is 0 Å². The largest absolute Gasteiger partial charge is 0.447 e. The van der Waals surface area contributed by atoms with Crippen molar-refractivity contribution in [3.63, 3.8) is 0 Å². The van der Waals surface area contributed by atoms with Crippen LogP contribution in [0, 0.1) is 5.82 Å². The maximum Gasteiger partial charge on any atom is 0.412 e. The molecule has 12 heteroatoms. The lowest BCUT2D eigenvalue weighted by atomic mass is 10.2. The Morgan fingerprint density at radius 2 is 1.86 bits per heavy atom. The third kappa shape index (κ3) is 7.72. The fourth-order valence-electron chi connectivity index (χ4n) is 3.28. The second-order valence-corrected chi connectivity index (χ2v) is 8.20. The number of amides is 3. The first-order valence-corrected chi connectivity index (χ1v) is 11.3. The molecule has 0 saturated carbocycles. The van der Waals surface area contributed by atoms with E-state index < -0.39 is 37.0 Å². The quantitative estimate of drug-likeness (QED) is 0.360. The summed E-state index contributed by atoms with van der Waals surface area (Å²) in [5.41, 5.74) is 0.365. The summed E-state index contributed by atoms with van der Waals surface area (Å²) in [4.78, 5) is 30.3. The number of nitrogens with zero attached hydrogens (tertiary/aromatic N) is 2. The Kier molecular flexibility index (Phi) is 9.71. The number of alkyl halides is 2. The number of nitrogens with one attached hydrogen (secondary N) is 3. The van der Waals surface area contributed by atoms with Crippen LogP contribution in [0.5, 0.6) is 0 Å². The van der Waals surface area contributed by atoms with Gasteiger partial charge in [0.2, 0.25) is 0 Å². The van der Waals surface area contributed by atoms with E-state index in [1.165, 1.54) is 24.1 Å². The number of aromatic nitrogens is 1. The zero-order chi connectivity index (χ0) is 26.1. The van der Waals surface area contributed by atoms with E-state index in [4.69, 9.17) is 16.3 Å². The van der Waals surface area contributed by atoms with E-state index in [0.29, 0.717) is 5.56 Å². The number of benzene rings is 2. The molecule has 0 saturated heterocycles. The topological polar surface area (TPSA) is 95.6 Å². The highest BCUT2D eigenvalue weighted by molar-refractivity contribution is 6.31. The van der Waals surface area contributed by atoms with Crippen LogP contribution in [0.4, 0.5) is 28.6 Å². The second-order valence-electron chi connectivity index (χ2n) is 7.83. The molecule has 1 heterocycles. The monoisotopic (exact) mass is 523 g/mol. The highest BCUT2D eigenvalue weighted by Crippen LogP contribution is 2.19. The van der Waals surface area contributed by atoms with Gasteiger partial charge in [-0.25, -0.2) is 27.7 Å². The number of ether oxygens (including phenoxy) is 1. The number of fused-ring (bicyclic) bond motifs is 1. The Labute approximate surface area is 210 Å². The Hall–Kier alpha value is -3.57. The van der Waals surface area contributed by atoms with Crippen molar-refractivity contribution in [2.45, 2.75) is 19.0 Å². The second kappa shape index (κ2) is 12.9. The lowest BCUT2D eigenvalue weighted by Gasteiger charge is -2.28. The molecule has 0 radical (unpaired) electrons. The van der Waals surface area contributed by atoms with E-state index in [1.54, 1.807) is 18.3 Å². The lowest BCUT2D eigenvalue weighted by Crippen LogP contribution is -2.50.